The van der Waals surface area contributed by atoms with E-state index in [2.05, 4.69) is 70.3 Å². The fourth-order valence-electron chi connectivity index (χ4n) is 5.49. The van der Waals surface area contributed by atoms with Crippen molar-refractivity contribution in [2.75, 3.05) is 31.1 Å². The van der Waals surface area contributed by atoms with Crippen molar-refractivity contribution in [1.82, 2.24) is 25.2 Å². The van der Waals surface area contributed by atoms with E-state index >= 15 is 0 Å². The number of amides is 1. The lowest BCUT2D eigenvalue weighted by Crippen LogP contribution is -2.43. The Kier molecular flexibility index (Phi) is 7.57. The highest BCUT2D eigenvalue weighted by Crippen LogP contribution is 2.34. The Hall–Kier alpha value is -3.91. The molecule has 3 aromatic heterocycles. The molecule has 1 unspecified atom stereocenters. The van der Waals surface area contributed by atoms with Crippen molar-refractivity contribution >= 4 is 22.6 Å². The first-order valence-corrected chi connectivity index (χ1v) is 13.8. The van der Waals surface area contributed by atoms with Crippen LogP contribution in [0, 0.1) is 20.8 Å². The highest BCUT2D eigenvalue weighted by Gasteiger charge is 2.20. The zero-order valence-corrected chi connectivity index (χ0v) is 23.5. The normalized spacial score (nSPS) is 14.5. The number of anilines is 1. The predicted molar refractivity (Wildman–Crippen MR) is 158 cm³/mol. The van der Waals surface area contributed by atoms with Gasteiger partial charge >= 0.3 is 0 Å². The number of benzene rings is 1. The molecule has 1 saturated heterocycles. The molecular weight excluding hydrogens is 488 g/mol. The minimum atomic E-state index is -0.198. The van der Waals surface area contributed by atoms with Gasteiger partial charge < -0.3 is 25.1 Å². The lowest BCUT2D eigenvalue weighted by molar-refractivity contribution is 0.0952. The molecule has 3 N–H and O–H groups in total. The SMILES string of the molecule is CCC(C)n1cc(C)c2c(C(=O)NCc3c(C)[nH]c(C)cc3=O)cc(-c3ccc(N4CCNCC4)nc3)cc21. The molecule has 0 spiro atoms. The van der Waals surface area contributed by atoms with E-state index in [4.69, 9.17) is 4.98 Å². The molecule has 4 aromatic rings. The first kappa shape index (κ1) is 26.7. The number of H-pyrrole nitrogens is 1. The smallest absolute Gasteiger partial charge is 0.252 e. The molecule has 5 rings (SSSR count). The highest BCUT2D eigenvalue weighted by atomic mass is 16.1. The van der Waals surface area contributed by atoms with Crippen LogP contribution >= 0.6 is 0 Å². The predicted octanol–water partition coefficient (Wildman–Crippen LogP) is 4.63. The number of carbonyl (C=O) groups is 1. The van der Waals surface area contributed by atoms with Gasteiger partial charge in [-0.3, -0.25) is 9.59 Å². The number of hydrogen-bond acceptors (Lipinski definition) is 5. The fraction of sp³-hybridized carbons (Fsp3) is 0.387. The molecule has 0 saturated carbocycles. The molecule has 204 valence electrons. The van der Waals surface area contributed by atoms with Crippen LogP contribution in [0.25, 0.3) is 22.0 Å². The quantitative estimate of drug-likeness (QED) is 0.327. The maximum atomic E-state index is 13.7. The third-order valence-electron chi connectivity index (χ3n) is 7.86. The van der Waals surface area contributed by atoms with Crippen LogP contribution in [-0.4, -0.2) is 46.6 Å². The van der Waals surface area contributed by atoms with E-state index < -0.39 is 0 Å². The number of nitrogens with zero attached hydrogens (tertiary/aromatic N) is 3. The van der Waals surface area contributed by atoms with Crippen molar-refractivity contribution in [3.05, 3.63) is 81.0 Å². The van der Waals surface area contributed by atoms with Crippen molar-refractivity contribution < 1.29 is 4.79 Å². The van der Waals surface area contributed by atoms with E-state index in [1.54, 1.807) is 6.07 Å². The Balaban J connectivity index is 1.54. The molecule has 1 aromatic carbocycles. The molecule has 0 aliphatic carbocycles. The average molecular weight is 527 g/mol. The molecule has 0 bridgehead atoms. The zero-order chi connectivity index (χ0) is 27.7. The number of hydrogen-bond donors (Lipinski definition) is 3. The maximum Gasteiger partial charge on any atom is 0.252 e. The summed E-state index contributed by atoms with van der Waals surface area (Å²) < 4.78 is 2.27. The lowest BCUT2D eigenvalue weighted by Gasteiger charge is -2.28. The highest BCUT2D eigenvalue weighted by molar-refractivity contribution is 6.09. The first-order valence-electron chi connectivity index (χ1n) is 13.8. The number of nitrogens with one attached hydrogen (secondary N) is 3. The molecule has 1 atom stereocenters. The van der Waals surface area contributed by atoms with Crippen molar-refractivity contribution in [3.8, 4) is 11.1 Å². The Morgan fingerprint density at radius 2 is 1.87 bits per heavy atom. The lowest BCUT2D eigenvalue weighted by atomic mass is 9.98. The molecule has 1 aliphatic rings. The van der Waals surface area contributed by atoms with E-state index in [1.807, 2.05) is 26.1 Å². The van der Waals surface area contributed by atoms with Gasteiger partial charge in [0, 0.05) is 96.2 Å². The Bertz CT molecular complexity index is 1560. The van der Waals surface area contributed by atoms with Crippen molar-refractivity contribution in [2.45, 2.75) is 53.6 Å². The number of pyridine rings is 2. The molecule has 8 nitrogen and oxygen atoms in total. The summed E-state index contributed by atoms with van der Waals surface area (Å²) in [5.74, 6) is 0.772. The fourth-order valence-corrected chi connectivity index (χ4v) is 5.49. The molecule has 1 aliphatic heterocycles. The number of piperazine rings is 1. The van der Waals surface area contributed by atoms with Crippen molar-refractivity contribution in [2.24, 2.45) is 0 Å². The van der Waals surface area contributed by atoms with Gasteiger partial charge in [-0.2, -0.15) is 0 Å². The van der Waals surface area contributed by atoms with Crippen LogP contribution in [0.1, 0.15) is 59.2 Å². The summed E-state index contributed by atoms with van der Waals surface area (Å²) in [6, 6.07) is 10.1. The van der Waals surface area contributed by atoms with Crippen LogP contribution in [-0.2, 0) is 6.54 Å². The van der Waals surface area contributed by atoms with Crippen molar-refractivity contribution in [1.29, 1.82) is 0 Å². The van der Waals surface area contributed by atoms with Gasteiger partial charge in [0.25, 0.3) is 5.91 Å². The standard InChI is InChI=1S/C31H38N6O2/c1-6-21(4)37-18-19(2)30-25(31(39)34-17-26-22(5)35-20(3)13-28(26)38)14-24(15-27(30)37)23-7-8-29(33-16-23)36-11-9-32-10-12-36/h7-8,13-16,18,21,32H,6,9-12,17H2,1-5H3,(H,34,39)(H,35,38). The second-order valence-electron chi connectivity index (χ2n) is 10.6. The van der Waals surface area contributed by atoms with Crippen LogP contribution in [0.5, 0.6) is 0 Å². The Labute approximate surface area is 229 Å². The second kappa shape index (κ2) is 11.1. The van der Waals surface area contributed by atoms with Gasteiger partial charge in [-0.15, -0.1) is 0 Å². The van der Waals surface area contributed by atoms with E-state index in [1.165, 1.54) is 0 Å². The van der Waals surface area contributed by atoms with Crippen LogP contribution in [0.15, 0.2) is 47.5 Å². The van der Waals surface area contributed by atoms with Gasteiger partial charge in [0.05, 0.1) is 0 Å². The topological polar surface area (TPSA) is 95.0 Å². The summed E-state index contributed by atoms with van der Waals surface area (Å²) in [4.78, 5) is 36.5. The maximum absolute atomic E-state index is 13.7. The largest absolute Gasteiger partial charge is 0.362 e. The number of rotatable bonds is 7. The van der Waals surface area contributed by atoms with Gasteiger partial charge in [0.2, 0.25) is 0 Å². The van der Waals surface area contributed by atoms with Crippen LogP contribution in [0.3, 0.4) is 0 Å². The van der Waals surface area contributed by atoms with Gasteiger partial charge in [-0.1, -0.05) is 6.92 Å². The average Bonchev–Trinajstić information content (AvgIpc) is 3.28. The Morgan fingerprint density at radius 3 is 2.54 bits per heavy atom. The van der Waals surface area contributed by atoms with Gasteiger partial charge in [0.1, 0.15) is 5.82 Å². The molecular formula is C31H38N6O2. The first-order chi connectivity index (χ1) is 18.8. The summed E-state index contributed by atoms with van der Waals surface area (Å²) in [6.07, 6.45) is 5.02. The van der Waals surface area contributed by atoms with Crippen LogP contribution < -0.4 is 21.0 Å². The number of fused-ring (bicyclic) bond motifs is 1. The summed E-state index contributed by atoms with van der Waals surface area (Å²) in [5.41, 5.74) is 6.67. The summed E-state index contributed by atoms with van der Waals surface area (Å²) >= 11 is 0. The van der Waals surface area contributed by atoms with Crippen LogP contribution in [0.2, 0.25) is 0 Å². The number of aryl methyl sites for hydroxylation is 3. The number of carbonyl (C=O) groups excluding carboxylic acids is 1. The zero-order valence-electron chi connectivity index (χ0n) is 23.5. The van der Waals surface area contributed by atoms with Gasteiger partial charge in [0.15, 0.2) is 5.43 Å². The van der Waals surface area contributed by atoms with Crippen molar-refractivity contribution in [3.63, 3.8) is 0 Å². The van der Waals surface area contributed by atoms with Gasteiger partial charge in [-0.05, 0) is 69.5 Å². The molecule has 8 heteroatoms. The third kappa shape index (κ3) is 5.34. The minimum Gasteiger partial charge on any atom is -0.362 e. The molecule has 1 amide bonds. The minimum absolute atomic E-state index is 0.0716. The van der Waals surface area contributed by atoms with Crippen LogP contribution in [0.4, 0.5) is 5.82 Å². The molecule has 39 heavy (non-hydrogen) atoms. The summed E-state index contributed by atoms with van der Waals surface area (Å²) in [6.45, 7) is 14.1. The molecule has 0 radical (unpaired) electrons. The third-order valence-corrected chi connectivity index (χ3v) is 7.86. The number of aromatic amines is 1. The summed E-state index contributed by atoms with van der Waals surface area (Å²) in [7, 11) is 0. The molecule has 4 heterocycles. The molecule has 1 fully saturated rings. The monoisotopic (exact) mass is 526 g/mol. The van der Waals surface area contributed by atoms with E-state index in [9.17, 15) is 9.59 Å². The van der Waals surface area contributed by atoms with E-state index in [0.29, 0.717) is 11.1 Å². The second-order valence-corrected chi connectivity index (χ2v) is 10.6. The summed E-state index contributed by atoms with van der Waals surface area (Å²) in [5, 5.41) is 7.34. The number of aromatic nitrogens is 3. The van der Waals surface area contributed by atoms with E-state index in [0.717, 1.165) is 77.4 Å². The van der Waals surface area contributed by atoms with Gasteiger partial charge in [-0.25, -0.2) is 4.98 Å². The Morgan fingerprint density at radius 1 is 1.10 bits per heavy atom. The van der Waals surface area contributed by atoms with E-state index in [-0.39, 0.29) is 23.9 Å².